The quantitative estimate of drug-likeness (QED) is 0.556. The number of unbranched alkanes of at least 4 members (excludes halogenated alkanes) is 1. The Labute approximate surface area is 179 Å². The second-order valence-electron chi connectivity index (χ2n) is 7.57. The van der Waals surface area contributed by atoms with E-state index in [2.05, 4.69) is 19.2 Å². The monoisotopic (exact) mass is 434 g/mol. The SMILES string of the molecule is CCCC[C@@H](CC)CNC(=O)c1ccc(N(Cc2ccc(F)cc2)S(C)(=O)=O)cc1. The first-order valence-electron chi connectivity index (χ1n) is 10.3. The molecule has 2 rings (SSSR count). The van der Waals surface area contributed by atoms with Crippen LogP contribution >= 0.6 is 0 Å². The Bertz CT molecular complexity index is 912. The number of carbonyl (C=O) groups excluding carboxylic acids is 1. The molecule has 0 heterocycles. The van der Waals surface area contributed by atoms with E-state index in [0.717, 1.165) is 31.9 Å². The normalized spacial score (nSPS) is 12.4. The van der Waals surface area contributed by atoms with Gasteiger partial charge in [0.05, 0.1) is 18.5 Å². The van der Waals surface area contributed by atoms with Crippen molar-refractivity contribution >= 4 is 21.6 Å². The zero-order valence-electron chi connectivity index (χ0n) is 17.9. The Morgan fingerprint density at radius 1 is 1.07 bits per heavy atom. The van der Waals surface area contributed by atoms with Crippen molar-refractivity contribution in [2.45, 2.75) is 46.1 Å². The summed E-state index contributed by atoms with van der Waals surface area (Å²) in [6.45, 7) is 5.00. The van der Waals surface area contributed by atoms with E-state index in [-0.39, 0.29) is 18.3 Å². The molecule has 0 aliphatic carbocycles. The lowest BCUT2D eigenvalue weighted by Crippen LogP contribution is -2.30. The summed E-state index contributed by atoms with van der Waals surface area (Å²) in [7, 11) is -3.55. The highest BCUT2D eigenvalue weighted by Gasteiger charge is 2.19. The average molecular weight is 435 g/mol. The van der Waals surface area contributed by atoms with Crippen molar-refractivity contribution in [3.8, 4) is 0 Å². The van der Waals surface area contributed by atoms with Crippen LogP contribution in [0.25, 0.3) is 0 Å². The van der Waals surface area contributed by atoms with E-state index in [1.165, 1.54) is 16.4 Å². The van der Waals surface area contributed by atoms with Crippen LogP contribution in [0, 0.1) is 11.7 Å². The Morgan fingerprint density at radius 2 is 1.70 bits per heavy atom. The van der Waals surface area contributed by atoms with Gasteiger partial charge in [-0.05, 0) is 54.3 Å². The molecule has 0 unspecified atom stereocenters. The molecule has 0 spiro atoms. The van der Waals surface area contributed by atoms with Crippen LogP contribution in [0.2, 0.25) is 0 Å². The molecule has 7 heteroatoms. The molecule has 1 N–H and O–H groups in total. The van der Waals surface area contributed by atoms with E-state index in [1.807, 2.05) is 0 Å². The lowest BCUT2D eigenvalue weighted by molar-refractivity contribution is 0.0946. The molecule has 1 atom stereocenters. The van der Waals surface area contributed by atoms with Crippen molar-refractivity contribution in [1.29, 1.82) is 0 Å². The number of halogens is 1. The van der Waals surface area contributed by atoms with Crippen LogP contribution in [0.3, 0.4) is 0 Å². The molecule has 0 radical (unpaired) electrons. The average Bonchev–Trinajstić information content (AvgIpc) is 2.72. The Kier molecular flexibility index (Phi) is 8.84. The highest BCUT2D eigenvalue weighted by atomic mass is 32.2. The minimum atomic E-state index is -3.55. The molecular weight excluding hydrogens is 403 g/mol. The van der Waals surface area contributed by atoms with E-state index >= 15 is 0 Å². The van der Waals surface area contributed by atoms with Gasteiger partial charge in [-0.3, -0.25) is 9.10 Å². The number of benzene rings is 2. The Morgan fingerprint density at radius 3 is 2.23 bits per heavy atom. The van der Waals surface area contributed by atoms with E-state index in [1.54, 1.807) is 36.4 Å². The van der Waals surface area contributed by atoms with Crippen molar-refractivity contribution < 1.29 is 17.6 Å². The minimum absolute atomic E-state index is 0.0836. The van der Waals surface area contributed by atoms with Gasteiger partial charge < -0.3 is 5.32 Å². The lowest BCUT2D eigenvalue weighted by atomic mass is 9.99. The van der Waals surface area contributed by atoms with Crippen molar-refractivity contribution in [3.05, 3.63) is 65.5 Å². The Hall–Kier alpha value is -2.41. The van der Waals surface area contributed by atoms with Crippen LogP contribution in [0.4, 0.5) is 10.1 Å². The molecular formula is C23H31FN2O3S. The molecule has 0 saturated heterocycles. The largest absolute Gasteiger partial charge is 0.352 e. The first kappa shape index (κ1) is 23.9. The van der Waals surface area contributed by atoms with Gasteiger partial charge in [-0.25, -0.2) is 12.8 Å². The maximum Gasteiger partial charge on any atom is 0.251 e. The molecule has 0 aromatic heterocycles. The third-order valence-electron chi connectivity index (χ3n) is 5.15. The van der Waals surface area contributed by atoms with Crippen LogP contribution in [0.5, 0.6) is 0 Å². The van der Waals surface area contributed by atoms with Gasteiger partial charge in [0.15, 0.2) is 0 Å². The van der Waals surface area contributed by atoms with E-state index < -0.39 is 10.0 Å². The van der Waals surface area contributed by atoms with Gasteiger partial charge in [-0.1, -0.05) is 45.2 Å². The summed E-state index contributed by atoms with van der Waals surface area (Å²) >= 11 is 0. The fourth-order valence-electron chi connectivity index (χ4n) is 3.22. The van der Waals surface area contributed by atoms with Gasteiger partial charge in [0.1, 0.15) is 5.82 Å². The molecule has 0 aliphatic heterocycles. The predicted octanol–water partition coefficient (Wildman–Crippen LogP) is 4.74. The second-order valence-corrected chi connectivity index (χ2v) is 9.48. The van der Waals surface area contributed by atoms with E-state index in [0.29, 0.717) is 29.3 Å². The summed E-state index contributed by atoms with van der Waals surface area (Å²) in [4.78, 5) is 12.5. The second kappa shape index (κ2) is 11.1. The third-order valence-corrected chi connectivity index (χ3v) is 6.29. The summed E-state index contributed by atoms with van der Waals surface area (Å²) in [5, 5.41) is 2.98. The zero-order valence-corrected chi connectivity index (χ0v) is 18.7. The standard InChI is InChI=1S/C23H31FN2O3S/c1-4-6-7-18(5-2)16-25-23(27)20-10-14-22(15-11-20)26(30(3,28)29)17-19-8-12-21(24)13-9-19/h8-15,18H,4-7,16-17H2,1-3H3,(H,25,27)/t18-/m1/s1. The predicted molar refractivity (Wildman–Crippen MR) is 120 cm³/mol. The van der Waals surface area contributed by atoms with Gasteiger partial charge in [0.2, 0.25) is 10.0 Å². The van der Waals surface area contributed by atoms with Crippen molar-refractivity contribution in [1.82, 2.24) is 5.32 Å². The van der Waals surface area contributed by atoms with Crippen LogP contribution in [-0.4, -0.2) is 27.1 Å². The van der Waals surface area contributed by atoms with Crippen molar-refractivity contribution in [2.24, 2.45) is 5.92 Å². The number of sulfonamides is 1. The molecule has 0 aliphatic rings. The number of nitrogens with zero attached hydrogens (tertiary/aromatic N) is 1. The highest BCUT2D eigenvalue weighted by molar-refractivity contribution is 7.92. The van der Waals surface area contributed by atoms with Gasteiger partial charge >= 0.3 is 0 Å². The molecule has 2 aromatic carbocycles. The number of amides is 1. The third kappa shape index (κ3) is 7.13. The van der Waals surface area contributed by atoms with Gasteiger partial charge in [-0.15, -0.1) is 0 Å². The van der Waals surface area contributed by atoms with E-state index in [4.69, 9.17) is 0 Å². The van der Waals surface area contributed by atoms with Crippen LogP contribution in [0.1, 0.15) is 55.5 Å². The summed E-state index contributed by atoms with van der Waals surface area (Å²) in [5.41, 5.74) is 1.61. The molecule has 0 fully saturated rings. The fourth-order valence-corrected chi connectivity index (χ4v) is 4.11. The lowest BCUT2D eigenvalue weighted by Gasteiger charge is -2.23. The fraction of sp³-hybridized carbons (Fsp3) is 0.435. The number of hydrogen-bond donors (Lipinski definition) is 1. The molecule has 2 aromatic rings. The number of carbonyl (C=O) groups is 1. The molecule has 164 valence electrons. The summed E-state index contributed by atoms with van der Waals surface area (Å²) in [6.07, 6.45) is 5.53. The van der Waals surface area contributed by atoms with Crippen LogP contribution in [0.15, 0.2) is 48.5 Å². The first-order chi connectivity index (χ1) is 14.2. The first-order valence-corrected chi connectivity index (χ1v) is 12.2. The topological polar surface area (TPSA) is 66.5 Å². The summed E-state index contributed by atoms with van der Waals surface area (Å²) in [5.74, 6) is -0.0782. The van der Waals surface area contributed by atoms with Crippen molar-refractivity contribution in [3.63, 3.8) is 0 Å². The molecule has 0 bridgehead atoms. The number of rotatable bonds is 11. The molecule has 30 heavy (non-hydrogen) atoms. The van der Waals surface area contributed by atoms with E-state index in [9.17, 15) is 17.6 Å². The number of hydrogen-bond acceptors (Lipinski definition) is 3. The highest BCUT2D eigenvalue weighted by Crippen LogP contribution is 2.21. The van der Waals surface area contributed by atoms with Gasteiger partial charge in [0, 0.05) is 12.1 Å². The Balaban J connectivity index is 2.08. The zero-order chi connectivity index (χ0) is 22.1. The smallest absolute Gasteiger partial charge is 0.251 e. The summed E-state index contributed by atoms with van der Waals surface area (Å²) < 4.78 is 38.9. The van der Waals surface area contributed by atoms with Crippen molar-refractivity contribution in [2.75, 3.05) is 17.1 Å². The molecule has 0 saturated carbocycles. The minimum Gasteiger partial charge on any atom is -0.352 e. The maximum atomic E-state index is 13.1. The van der Waals surface area contributed by atoms with Gasteiger partial charge in [-0.2, -0.15) is 0 Å². The van der Waals surface area contributed by atoms with Gasteiger partial charge in [0.25, 0.3) is 5.91 Å². The molecule has 5 nitrogen and oxygen atoms in total. The maximum absolute atomic E-state index is 13.1. The number of anilines is 1. The van der Waals surface area contributed by atoms with Crippen LogP contribution < -0.4 is 9.62 Å². The molecule has 1 amide bonds. The summed E-state index contributed by atoms with van der Waals surface area (Å²) in [6, 6.07) is 12.2. The van der Waals surface area contributed by atoms with Crippen LogP contribution in [-0.2, 0) is 16.6 Å². The number of nitrogens with one attached hydrogen (secondary N) is 1.